The number of nitrogens with zero attached hydrogens (tertiary/aromatic N) is 1. The summed E-state index contributed by atoms with van der Waals surface area (Å²) in [7, 11) is 0. The van der Waals surface area contributed by atoms with Crippen LogP contribution in [0.3, 0.4) is 0 Å². The van der Waals surface area contributed by atoms with E-state index in [9.17, 15) is 27.9 Å². The van der Waals surface area contributed by atoms with Gasteiger partial charge in [0.05, 0.1) is 6.10 Å². The first kappa shape index (κ1) is 14.7. The van der Waals surface area contributed by atoms with Crippen LogP contribution in [0.4, 0.5) is 13.2 Å². The number of likely N-dealkylation sites (tertiary alicyclic amines) is 1. The first-order valence-electron chi connectivity index (χ1n) is 5.05. The summed E-state index contributed by atoms with van der Waals surface area (Å²) in [6.07, 6.45) is -5.67. The van der Waals surface area contributed by atoms with E-state index in [0.29, 0.717) is 0 Å². The maximum Gasteiger partial charge on any atom is 0.411 e. The lowest BCUT2D eigenvalue weighted by atomic mass is 10.2. The summed E-state index contributed by atoms with van der Waals surface area (Å²) < 4.78 is 39.4. The zero-order valence-corrected chi connectivity index (χ0v) is 9.18. The molecule has 18 heavy (non-hydrogen) atoms. The molecule has 6 nitrogen and oxygen atoms in total. The number of carbonyl (C=O) groups excluding carboxylic acids is 1. The minimum atomic E-state index is -4.54. The van der Waals surface area contributed by atoms with Gasteiger partial charge in [0.2, 0.25) is 5.91 Å². The number of aliphatic hydroxyl groups is 1. The molecular weight excluding hydrogens is 259 g/mol. The van der Waals surface area contributed by atoms with Crippen LogP contribution in [0, 0.1) is 0 Å². The number of hydrogen-bond donors (Lipinski definition) is 2. The molecule has 0 aromatic heterocycles. The van der Waals surface area contributed by atoms with E-state index < -0.39 is 43.4 Å². The summed E-state index contributed by atoms with van der Waals surface area (Å²) >= 11 is 0. The third kappa shape index (κ3) is 4.15. The Hall–Kier alpha value is -1.35. The highest BCUT2D eigenvalue weighted by Crippen LogP contribution is 2.19. The number of carboxylic acid groups (broad SMARTS) is 1. The SMILES string of the molecule is O=C(O)[C@H]1C[C@@H](O)CN1C(=O)COCC(F)(F)F. The number of carboxylic acids is 1. The number of aliphatic hydroxyl groups excluding tert-OH is 1. The van der Waals surface area contributed by atoms with Crippen LogP contribution in [0.1, 0.15) is 6.42 Å². The van der Waals surface area contributed by atoms with Gasteiger partial charge >= 0.3 is 12.1 Å². The first-order valence-corrected chi connectivity index (χ1v) is 5.05. The van der Waals surface area contributed by atoms with Gasteiger partial charge in [-0.25, -0.2) is 4.79 Å². The van der Waals surface area contributed by atoms with Crippen LogP contribution >= 0.6 is 0 Å². The van der Waals surface area contributed by atoms with Crippen LogP contribution in [0.2, 0.25) is 0 Å². The number of amides is 1. The van der Waals surface area contributed by atoms with E-state index >= 15 is 0 Å². The molecule has 0 saturated carbocycles. The van der Waals surface area contributed by atoms with E-state index in [1.54, 1.807) is 0 Å². The number of halogens is 3. The highest BCUT2D eigenvalue weighted by Gasteiger charge is 2.39. The molecule has 0 aliphatic carbocycles. The zero-order chi connectivity index (χ0) is 13.9. The van der Waals surface area contributed by atoms with Crippen molar-refractivity contribution in [3.8, 4) is 0 Å². The maximum atomic E-state index is 11.8. The number of hydrogen-bond acceptors (Lipinski definition) is 4. The lowest BCUT2D eigenvalue weighted by Gasteiger charge is -2.21. The summed E-state index contributed by atoms with van der Waals surface area (Å²) in [5.74, 6) is -2.20. The molecule has 1 heterocycles. The quantitative estimate of drug-likeness (QED) is 0.727. The Morgan fingerprint density at radius 2 is 2.00 bits per heavy atom. The molecule has 0 aromatic carbocycles. The van der Waals surface area contributed by atoms with Gasteiger partial charge < -0.3 is 19.8 Å². The van der Waals surface area contributed by atoms with Gasteiger partial charge in [-0.2, -0.15) is 13.2 Å². The summed E-state index contributed by atoms with van der Waals surface area (Å²) in [6, 6.07) is -1.22. The number of β-amino-alcohol motifs (C(OH)–C–C–N with tert-alkyl or cyclic N) is 1. The van der Waals surface area contributed by atoms with Crippen LogP contribution < -0.4 is 0 Å². The van der Waals surface area contributed by atoms with E-state index in [2.05, 4.69) is 4.74 Å². The summed E-state index contributed by atoms with van der Waals surface area (Å²) in [5.41, 5.74) is 0. The molecule has 2 atom stereocenters. The van der Waals surface area contributed by atoms with E-state index in [0.717, 1.165) is 4.90 Å². The molecule has 1 amide bonds. The number of carbonyl (C=O) groups is 2. The molecule has 1 aliphatic rings. The number of rotatable bonds is 4. The maximum absolute atomic E-state index is 11.8. The molecule has 0 spiro atoms. The Morgan fingerprint density at radius 1 is 1.39 bits per heavy atom. The number of ether oxygens (including phenoxy) is 1. The van der Waals surface area contributed by atoms with Crippen molar-refractivity contribution in [3.05, 3.63) is 0 Å². The predicted molar refractivity (Wildman–Crippen MR) is 50.6 cm³/mol. The highest BCUT2D eigenvalue weighted by atomic mass is 19.4. The Labute approximate surface area is 99.9 Å². The predicted octanol–water partition coefficient (Wildman–Crippen LogP) is -0.388. The van der Waals surface area contributed by atoms with Crippen molar-refractivity contribution in [3.63, 3.8) is 0 Å². The lowest BCUT2D eigenvalue weighted by molar-refractivity contribution is -0.178. The van der Waals surface area contributed by atoms with Gasteiger partial charge in [-0.05, 0) is 0 Å². The molecule has 2 N–H and O–H groups in total. The zero-order valence-electron chi connectivity index (χ0n) is 9.18. The Morgan fingerprint density at radius 3 is 2.50 bits per heavy atom. The summed E-state index contributed by atoms with van der Waals surface area (Å²) in [6.45, 7) is -2.66. The summed E-state index contributed by atoms with van der Waals surface area (Å²) in [5, 5.41) is 18.0. The fourth-order valence-electron chi connectivity index (χ4n) is 1.66. The minimum Gasteiger partial charge on any atom is -0.480 e. The minimum absolute atomic E-state index is 0.139. The van der Waals surface area contributed by atoms with Gasteiger partial charge in [-0.15, -0.1) is 0 Å². The fourth-order valence-corrected chi connectivity index (χ4v) is 1.66. The molecule has 1 aliphatic heterocycles. The molecule has 0 radical (unpaired) electrons. The molecule has 0 bridgehead atoms. The van der Waals surface area contributed by atoms with Crippen molar-refractivity contribution in [2.24, 2.45) is 0 Å². The second kappa shape index (κ2) is 5.53. The van der Waals surface area contributed by atoms with Crippen molar-refractivity contribution < 1.29 is 37.7 Å². The molecule has 1 saturated heterocycles. The van der Waals surface area contributed by atoms with Crippen molar-refractivity contribution >= 4 is 11.9 Å². The first-order chi connectivity index (χ1) is 8.20. The van der Waals surface area contributed by atoms with Gasteiger partial charge in [0.1, 0.15) is 19.3 Å². The van der Waals surface area contributed by atoms with Crippen molar-refractivity contribution in [2.45, 2.75) is 24.7 Å². The van der Waals surface area contributed by atoms with Crippen molar-refractivity contribution in [1.82, 2.24) is 4.90 Å². The van der Waals surface area contributed by atoms with Crippen LogP contribution in [-0.4, -0.2) is 65.1 Å². The van der Waals surface area contributed by atoms with E-state index in [1.165, 1.54) is 0 Å². The standard InChI is InChI=1S/C9H12F3NO5/c10-9(11,12)4-18-3-7(15)13-2-5(14)1-6(13)8(16)17/h5-6,14H,1-4H2,(H,16,17)/t5-,6-/m1/s1. The average molecular weight is 271 g/mol. The Balaban J connectivity index is 2.48. The Bertz CT molecular complexity index is 333. The molecular formula is C9H12F3NO5. The van der Waals surface area contributed by atoms with Gasteiger partial charge in [0.15, 0.2) is 0 Å². The van der Waals surface area contributed by atoms with Crippen LogP contribution in [0.5, 0.6) is 0 Å². The third-order valence-corrected chi connectivity index (χ3v) is 2.38. The fraction of sp³-hybridized carbons (Fsp3) is 0.778. The largest absolute Gasteiger partial charge is 0.480 e. The second-order valence-electron chi connectivity index (χ2n) is 3.90. The van der Waals surface area contributed by atoms with Crippen molar-refractivity contribution in [2.75, 3.05) is 19.8 Å². The normalized spacial score (nSPS) is 24.3. The lowest BCUT2D eigenvalue weighted by Crippen LogP contribution is -2.42. The molecule has 0 aromatic rings. The number of alkyl halides is 3. The van der Waals surface area contributed by atoms with Crippen LogP contribution in [-0.2, 0) is 14.3 Å². The monoisotopic (exact) mass is 271 g/mol. The van der Waals surface area contributed by atoms with E-state index in [4.69, 9.17) is 5.11 Å². The van der Waals surface area contributed by atoms with Crippen LogP contribution in [0.15, 0.2) is 0 Å². The second-order valence-corrected chi connectivity index (χ2v) is 3.90. The highest BCUT2D eigenvalue weighted by molar-refractivity contribution is 5.85. The van der Waals surface area contributed by atoms with Gasteiger partial charge in [-0.1, -0.05) is 0 Å². The number of aliphatic carboxylic acids is 1. The van der Waals surface area contributed by atoms with Crippen LogP contribution in [0.25, 0.3) is 0 Å². The van der Waals surface area contributed by atoms with Gasteiger partial charge in [-0.3, -0.25) is 4.79 Å². The molecule has 0 unspecified atom stereocenters. The summed E-state index contributed by atoms with van der Waals surface area (Å²) in [4.78, 5) is 23.0. The van der Waals surface area contributed by atoms with Crippen molar-refractivity contribution in [1.29, 1.82) is 0 Å². The van der Waals surface area contributed by atoms with Gasteiger partial charge in [0, 0.05) is 13.0 Å². The topological polar surface area (TPSA) is 87.1 Å². The molecule has 9 heteroatoms. The smallest absolute Gasteiger partial charge is 0.411 e. The van der Waals surface area contributed by atoms with E-state index in [1.807, 2.05) is 0 Å². The van der Waals surface area contributed by atoms with E-state index in [-0.39, 0.29) is 13.0 Å². The Kier molecular flexibility index (Phi) is 4.52. The van der Waals surface area contributed by atoms with Gasteiger partial charge in [0.25, 0.3) is 0 Å². The molecule has 1 rings (SSSR count). The molecule has 104 valence electrons. The molecule has 1 fully saturated rings. The average Bonchev–Trinajstić information content (AvgIpc) is 2.58. The third-order valence-electron chi connectivity index (χ3n) is 2.38.